The van der Waals surface area contributed by atoms with Crippen LogP contribution in [-0.2, 0) is 13.1 Å². The van der Waals surface area contributed by atoms with E-state index < -0.39 is 0 Å². The zero-order valence-electron chi connectivity index (χ0n) is 14.4. The van der Waals surface area contributed by atoms with Crippen molar-refractivity contribution in [2.24, 2.45) is 5.92 Å². The van der Waals surface area contributed by atoms with Gasteiger partial charge in [-0.1, -0.05) is 18.2 Å². The zero-order valence-corrected chi connectivity index (χ0v) is 14.4. The largest absolute Gasteiger partial charge is 0.494 e. The summed E-state index contributed by atoms with van der Waals surface area (Å²) < 4.78 is 5.64. The van der Waals surface area contributed by atoms with E-state index in [0.29, 0.717) is 6.61 Å². The Hall–Kier alpha value is -1.91. The van der Waals surface area contributed by atoms with E-state index in [0.717, 1.165) is 44.4 Å². The van der Waals surface area contributed by atoms with Gasteiger partial charge in [0.1, 0.15) is 5.75 Å². The normalized spacial score (nSPS) is 17.3. The Labute approximate surface area is 144 Å². The monoisotopic (exact) mass is 325 g/mol. The average Bonchev–Trinajstić information content (AvgIpc) is 3.09. The second-order valence-electron chi connectivity index (χ2n) is 6.47. The predicted octanol–water partition coefficient (Wildman–Crippen LogP) is 3.09. The molecule has 1 saturated heterocycles. The number of pyridine rings is 1. The molecule has 1 aliphatic rings. The third-order valence-corrected chi connectivity index (χ3v) is 4.42. The Morgan fingerprint density at radius 2 is 2.08 bits per heavy atom. The maximum Gasteiger partial charge on any atom is 0.119 e. The summed E-state index contributed by atoms with van der Waals surface area (Å²) in [5, 5.41) is 3.47. The quantitative estimate of drug-likeness (QED) is 0.809. The van der Waals surface area contributed by atoms with Gasteiger partial charge in [-0.15, -0.1) is 0 Å². The number of nitrogens with zero attached hydrogens (tertiary/aromatic N) is 2. The molecule has 0 bridgehead atoms. The van der Waals surface area contributed by atoms with Crippen LogP contribution in [0, 0.1) is 5.92 Å². The van der Waals surface area contributed by atoms with Crippen LogP contribution in [-0.4, -0.2) is 36.1 Å². The first-order chi connectivity index (χ1) is 11.8. The molecule has 2 aromatic rings. The van der Waals surface area contributed by atoms with Crippen LogP contribution in [0.1, 0.15) is 24.5 Å². The van der Waals surface area contributed by atoms with Gasteiger partial charge in [0.25, 0.3) is 0 Å². The lowest BCUT2D eigenvalue weighted by Crippen LogP contribution is -2.30. The number of ether oxygens (including phenoxy) is 1. The highest BCUT2D eigenvalue weighted by Gasteiger charge is 2.19. The number of hydrogen-bond acceptors (Lipinski definition) is 4. The minimum atomic E-state index is 0.705. The van der Waals surface area contributed by atoms with Gasteiger partial charge in [0.15, 0.2) is 0 Å². The third kappa shape index (κ3) is 5.05. The SMILES string of the molecule is CCOc1cccc(CN(Cc2cccnc2)C[C@@H]2CCNC2)c1. The lowest BCUT2D eigenvalue weighted by molar-refractivity contribution is 0.220. The third-order valence-electron chi connectivity index (χ3n) is 4.42. The van der Waals surface area contributed by atoms with E-state index in [9.17, 15) is 0 Å². The number of nitrogens with one attached hydrogen (secondary N) is 1. The molecule has 4 heteroatoms. The van der Waals surface area contributed by atoms with Gasteiger partial charge in [-0.05, 0) is 61.7 Å². The van der Waals surface area contributed by atoms with E-state index >= 15 is 0 Å². The Balaban J connectivity index is 1.69. The molecule has 0 saturated carbocycles. The van der Waals surface area contributed by atoms with E-state index in [1.54, 1.807) is 0 Å². The van der Waals surface area contributed by atoms with Crippen LogP contribution >= 0.6 is 0 Å². The first-order valence-corrected chi connectivity index (χ1v) is 8.87. The van der Waals surface area contributed by atoms with Crippen molar-refractivity contribution in [3.63, 3.8) is 0 Å². The molecular formula is C20H27N3O. The van der Waals surface area contributed by atoms with Gasteiger partial charge in [0, 0.05) is 32.0 Å². The second kappa shape index (κ2) is 8.81. The maximum atomic E-state index is 5.64. The van der Waals surface area contributed by atoms with E-state index in [1.165, 1.54) is 17.5 Å². The molecule has 0 radical (unpaired) electrons. The number of hydrogen-bond donors (Lipinski definition) is 1. The topological polar surface area (TPSA) is 37.4 Å². The molecule has 24 heavy (non-hydrogen) atoms. The first kappa shape index (κ1) is 16.9. The van der Waals surface area contributed by atoms with Crippen LogP contribution in [0.4, 0.5) is 0 Å². The van der Waals surface area contributed by atoms with Gasteiger partial charge in [0.2, 0.25) is 0 Å². The molecule has 3 rings (SSSR count). The van der Waals surface area contributed by atoms with E-state index in [4.69, 9.17) is 4.74 Å². The van der Waals surface area contributed by atoms with Crippen molar-refractivity contribution < 1.29 is 4.74 Å². The van der Waals surface area contributed by atoms with Crippen molar-refractivity contribution in [3.05, 3.63) is 59.9 Å². The molecule has 0 amide bonds. The van der Waals surface area contributed by atoms with Gasteiger partial charge in [-0.25, -0.2) is 0 Å². The van der Waals surface area contributed by atoms with Gasteiger partial charge in [-0.2, -0.15) is 0 Å². The zero-order chi connectivity index (χ0) is 16.6. The van der Waals surface area contributed by atoms with Crippen molar-refractivity contribution in [2.45, 2.75) is 26.4 Å². The molecule has 1 fully saturated rings. The molecule has 128 valence electrons. The molecule has 0 aliphatic carbocycles. The van der Waals surface area contributed by atoms with Crippen LogP contribution in [0.5, 0.6) is 5.75 Å². The second-order valence-corrected chi connectivity index (χ2v) is 6.47. The Kier molecular flexibility index (Phi) is 6.21. The Morgan fingerprint density at radius 1 is 1.21 bits per heavy atom. The minimum absolute atomic E-state index is 0.705. The molecule has 0 unspecified atom stereocenters. The minimum Gasteiger partial charge on any atom is -0.494 e. The summed E-state index contributed by atoms with van der Waals surface area (Å²) in [5.41, 5.74) is 2.57. The van der Waals surface area contributed by atoms with Gasteiger partial charge < -0.3 is 10.1 Å². The van der Waals surface area contributed by atoms with Gasteiger partial charge >= 0.3 is 0 Å². The summed E-state index contributed by atoms with van der Waals surface area (Å²) in [4.78, 5) is 6.78. The van der Waals surface area contributed by atoms with Gasteiger partial charge in [0.05, 0.1) is 6.61 Å². The summed E-state index contributed by atoms with van der Waals surface area (Å²) in [7, 11) is 0. The molecule has 0 spiro atoms. The summed E-state index contributed by atoms with van der Waals surface area (Å²) in [6.07, 6.45) is 5.07. The molecule has 1 atom stereocenters. The standard InChI is InChI=1S/C20H27N3O/c1-2-24-20-7-3-5-17(11-20)14-23(16-19-8-10-22-13-19)15-18-6-4-9-21-12-18/h3-7,9,11-12,19,22H,2,8,10,13-16H2,1H3/t19-/m1/s1. The molecule has 1 N–H and O–H groups in total. The summed E-state index contributed by atoms with van der Waals surface area (Å²) in [6, 6.07) is 12.6. The predicted molar refractivity (Wildman–Crippen MR) is 96.9 cm³/mol. The van der Waals surface area contributed by atoms with E-state index in [1.807, 2.05) is 31.5 Å². The average molecular weight is 325 g/mol. The van der Waals surface area contributed by atoms with Crippen LogP contribution in [0.25, 0.3) is 0 Å². The van der Waals surface area contributed by atoms with Crippen LogP contribution in [0.3, 0.4) is 0 Å². The lowest BCUT2D eigenvalue weighted by Gasteiger charge is -2.25. The smallest absolute Gasteiger partial charge is 0.119 e. The molecular weight excluding hydrogens is 298 g/mol. The van der Waals surface area contributed by atoms with Gasteiger partial charge in [-0.3, -0.25) is 9.88 Å². The van der Waals surface area contributed by atoms with Crippen molar-refractivity contribution in [1.29, 1.82) is 0 Å². The maximum absolute atomic E-state index is 5.64. The number of aromatic nitrogens is 1. The molecule has 4 nitrogen and oxygen atoms in total. The fourth-order valence-electron chi connectivity index (χ4n) is 3.33. The number of rotatable bonds is 8. The fourth-order valence-corrected chi connectivity index (χ4v) is 3.33. The molecule has 1 aromatic carbocycles. The lowest BCUT2D eigenvalue weighted by atomic mass is 10.1. The van der Waals surface area contributed by atoms with Crippen LogP contribution < -0.4 is 10.1 Å². The van der Waals surface area contributed by atoms with E-state index in [2.05, 4.69) is 39.5 Å². The van der Waals surface area contributed by atoms with Crippen molar-refractivity contribution in [2.75, 3.05) is 26.2 Å². The summed E-state index contributed by atoms with van der Waals surface area (Å²) >= 11 is 0. The van der Waals surface area contributed by atoms with Crippen LogP contribution in [0.2, 0.25) is 0 Å². The highest BCUT2D eigenvalue weighted by molar-refractivity contribution is 5.28. The Morgan fingerprint density at radius 3 is 2.83 bits per heavy atom. The number of benzene rings is 1. The fraction of sp³-hybridized carbons (Fsp3) is 0.450. The van der Waals surface area contributed by atoms with Crippen molar-refractivity contribution in [1.82, 2.24) is 15.2 Å². The Bertz CT molecular complexity index is 611. The van der Waals surface area contributed by atoms with E-state index in [-0.39, 0.29) is 0 Å². The molecule has 1 aromatic heterocycles. The van der Waals surface area contributed by atoms with Crippen molar-refractivity contribution >= 4 is 0 Å². The highest BCUT2D eigenvalue weighted by atomic mass is 16.5. The van der Waals surface area contributed by atoms with Crippen LogP contribution in [0.15, 0.2) is 48.8 Å². The molecule has 2 heterocycles. The summed E-state index contributed by atoms with van der Waals surface area (Å²) in [6.45, 7) is 7.98. The molecule has 1 aliphatic heterocycles. The summed E-state index contributed by atoms with van der Waals surface area (Å²) in [5.74, 6) is 1.69. The highest BCUT2D eigenvalue weighted by Crippen LogP contribution is 2.18. The first-order valence-electron chi connectivity index (χ1n) is 8.87. The van der Waals surface area contributed by atoms with Crippen molar-refractivity contribution in [3.8, 4) is 5.75 Å².